The predicted molar refractivity (Wildman–Crippen MR) is 67.0 cm³/mol. The van der Waals surface area contributed by atoms with Crippen LogP contribution in [0.5, 0.6) is 0 Å². The third kappa shape index (κ3) is 1.87. The number of nitrogens with one attached hydrogen (secondary N) is 1. The van der Waals surface area contributed by atoms with Crippen LogP contribution in [0.3, 0.4) is 0 Å². The number of aliphatic hydroxyl groups is 1. The number of benzene rings is 1. The molecular formula is C12H17N3O2. The standard InChI is InChI=1S/C12H17N3O2/c1-13-7-11(16)8-4-5-9-10(6-8)15(3)12(17)14(9)2/h4-6,11,13,16H,7H2,1-3H3. The number of likely N-dealkylation sites (N-methyl/N-ethyl adjacent to an activating group) is 1. The van der Waals surface area contributed by atoms with Crippen molar-refractivity contribution in [2.24, 2.45) is 14.1 Å². The number of fused-ring (bicyclic) bond motifs is 1. The number of aromatic nitrogens is 2. The van der Waals surface area contributed by atoms with Gasteiger partial charge in [-0.15, -0.1) is 0 Å². The highest BCUT2D eigenvalue weighted by molar-refractivity contribution is 5.76. The van der Waals surface area contributed by atoms with Gasteiger partial charge in [0.25, 0.3) is 0 Å². The summed E-state index contributed by atoms with van der Waals surface area (Å²) >= 11 is 0. The molecule has 1 aromatic heterocycles. The number of aliphatic hydroxyl groups excluding tert-OH is 1. The smallest absolute Gasteiger partial charge is 0.328 e. The summed E-state index contributed by atoms with van der Waals surface area (Å²) in [5.74, 6) is 0. The second-order valence-electron chi connectivity index (χ2n) is 4.22. The summed E-state index contributed by atoms with van der Waals surface area (Å²) in [7, 11) is 5.27. The first-order valence-electron chi connectivity index (χ1n) is 5.54. The van der Waals surface area contributed by atoms with Crippen molar-refractivity contribution >= 4 is 11.0 Å². The molecule has 0 aliphatic carbocycles. The molecule has 0 saturated heterocycles. The van der Waals surface area contributed by atoms with Crippen LogP contribution in [-0.4, -0.2) is 27.8 Å². The van der Waals surface area contributed by atoms with E-state index in [1.54, 1.807) is 30.3 Å². The first-order valence-corrected chi connectivity index (χ1v) is 5.54. The summed E-state index contributed by atoms with van der Waals surface area (Å²) in [5.41, 5.74) is 2.47. The van der Waals surface area contributed by atoms with Gasteiger partial charge in [-0.25, -0.2) is 4.79 Å². The van der Waals surface area contributed by atoms with E-state index in [-0.39, 0.29) is 5.69 Å². The Morgan fingerprint density at radius 2 is 1.94 bits per heavy atom. The molecule has 2 rings (SSSR count). The van der Waals surface area contributed by atoms with Gasteiger partial charge in [0.05, 0.1) is 17.1 Å². The highest BCUT2D eigenvalue weighted by Gasteiger charge is 2.11. The molecule has 2 aromatic rings. The highest BCUT2D eigenvalue weighted by atomic mass is 16.3. The van der Waals surface area contributed by atoms with Gasteiger partial charge in [-0.3, -0.25) is 9.13 Å². The van der Waals surface area contributed by atoms with Crippen molar-refractivity contribution in [1.29, 1.82) is 0 Å². The van der Waals surface area contributed by atoms with Crippen LogP contribution >= 0.6 is 0 Å². The summed E-state index contributed by atoms with van der Waals surface area (Å²) in [6.45, 7) is 0.492. The molecule has 1 heterocycles. The first-order chi connectivity index (χ1) is 8.06. The maximum atomic E-state index is 11.7. The molecule has 0 aliphatic heterocycles. The second-order valence-corrected chi connectivity index (χ2v) is 4.22. The number of imidazole rings is 1. The molecule has 17 heavy (non-hydrogen) atoms. The third-order valence-corrected chi connectivity index (χ3v) is 3.08. The monoisotopic (exact) mass is 235 g/mol. The van der Waals surface area contributed by atoms with Crippen molar-refractivity contribution in [2.75, 3.05) is 13.6 Å². The third-order valence-electron chi connectivity index (χ3n) is 3.08. The molecule has 0 radical (unpaired) electrons. The second kappa shape index (κ2) is 4.35. The van der Waals surface area contributed by atoms with E-state index in [0.717, 1.165) is 16.6 Å². The number of rotatable bonds is 3. The molecule has 5 heteroatoms. The largest absolute Gasteiger partial charge is 0.387 e. The maximum Gasteiger partial charge on any atom is 0.328 e. The van der Waals surface area contributed by atoms with Gasteiger partial charge >= 0.3 is 5.69 Å². The number of hydrogen-bond donors (Lipinski definition) is 2. The van der Waals surface area contributed by atoms with Crippen LogP contribution in [-0.2, 0) is 14.1 Å². The molecule has 92 valence electrons. The van der Waals surface area contributed by atoms with E-state index in [1.807, 2.05) is 18.2 Å². The Kier molecular flexibility index (Phi) is 3.04. The van der Waals surface area contributed by atoms with Gasteiger partial charge in [0.2, 0.25) is 0 Å². The molecule has 2 N–H and O–H groups in total. The number of aryl methyl sites for hydroxylation is 2. The molecule has 1 atom stereocenters. The lowest BCUT2D eigenvalue weighted by Crippen LogP contribution is -2.19. The van der Waals surface area contributed by atoms with Crippen LogP contribution in [0.1, 0.15) is 11.7 Å². The summed E-state index contributed by atoms with van der Waals surface area (Å²) in [5, 5.41) is 12.8. The molecular weight excluding hydrogens is 218 g/mol. The van der Waals surface area contributed by atoms with Crippen LogP contribution in [0.15, 0.2) is 23.0 Å². The molecule has 0 fully saturated rings. The minimum absolute atomic E-state index is 0.0553. The van der Waals surface area contributed by atoms with E-state index in [1.165, 1.54) is 0 Å². The molecule has 0 bridgehead atoms. The molecule has 0 amide bonds. The molecule has 0 saturated carbocycles. The highest BCUT2D eigenvalue weighted by Crippen LogP contribution is 2.18. The average molecular weight is 235 g/mol. The van der Waals surface area contributed by atoms with E-state index in [4.69, 9.17) is 0 Å². The Hall–Kier alpha value is -1.59. The topological polar surface area (TPSA) is 59.2 Å². The Bertz CT molecular complexity index is 598. The SMILES string of the molecule is CNCC(O)c1ccc2c(c1)n(C)c(=O)n2C. The predicted octanol–water partition coefficient (Wildman–Crippen LogP) is 0.130. The zero-order chi connectivity index (χ0) is 12.6. The first kappa shape index (κ1) is 11.9. The Labute approximate surface area is 99.3 Å². The van der Waals surface area contributed by atoms with Gasteiger partial charge in [0.15, 0.2) is 0 Å². The van der Waals surface area contributed by atoms with Crippen LogP contribution in [0, 0.1) is 0 Å². The van der Waals surface area contributed by atoms with Crippen LogP contribution in [0.4, 0.5) is 0 Å². The summed E-state index contributed by atoms with van der Waals surface area (Å²) in [6, 6.07) is 5.58. The fourth-order valence-corrected chi connectivity index (χ4v) is 2.04. The van der Waals surface area contributed by atoms with Crippen molar-refractivity contribution in [1.82, 2.24) is 14.5 Å². The lowest BCUT2D eigenvalue weighted by molar-refractivity contribution is 0.178. The molecule has 0 spiro atoms. The molecule has 5 nitrogen and oxygen atoms in total. The van der Waals surface area contributed by atoms with Crippen molar-refractivity contribution in [2.45, 2.75) is 6.10 Å². The number of hydrogen-bond acceptors (Lipinski definition) is 3. The summed E-state index contributed by atoms with van der Waals surface area (Å²) in [4.78, 5) is 11.7. The van der Waals surface area contributed by atoms with Gasteiger partial charge in [-0.1, -0.05) is 6.07 Å². The fourth-order valence-electron chi connectivity index (χ4n) is 2.04. The molecule has 0 aliphatic rings. The van der Waals surface area contributed by atoms with Crippen molar-refractivity contribution in [3.05, 3.63) is 34.2 Å². The van der Waals surface area contributed by atoms with E-state index in [9.17, 15) is 9.90 Å². The van der Waals surface area contributed by atoms with Crippen LogP contribution in [0.25, 0.3) is 11.0 Å². The Balaban J connectivity index is 2.58. The van der Waals surface area contributed by atoms with Gasteiger partial charge in [-0.2, -0.15) is 0 Å². The van der Waals surface area contributed by atoms with E-state index in [2.05, 4.69) is 5.32 Å². The minimum atomic E-state index is -0.556. The van der Waals surface area contributed by atoms with Crippen LogP contribution in [0.2, 0.25) is 0 Å². The van der Waals surface area contributed by atoms with E-state index >= 15 is 0 Å². The average Bonchev–Trinajstić information content (AvgIpc) is 2.55. The maximum absolute atomic E-state index is 11.7. The fraction of sp³-hybridized carbons (Fsp3) is 0.417. The quantitative estimate of drug-likeness (QED) is 0.795. The molecule has 1 unspecified atom stereocenters. The lowest BCUT2D eigenvalue weighted by Gasteiger charge is -2.10. The number of nitrogens with zero attached hydrogens (tertiary/aromatic N) is 2. The zero-order valence-corrected chi connectivity index (χ0v) is 10.3. The molecule has 1 aromatic carbocycles. The Morgan fingerprint density at radius 3 is 2.59 bits per heavy atom. The van der Waals surface area contributed by atoms with Gasteiger partial charge in [-0.05, 0) is 24.7 Å². The van der Waals surface area contributed by atoms with Gasteiger partial charge in [0.1, 0.15) is 0 Å². The Morgan fingerprint density at radius 1 is 1.29 bits per heavy atom. The van der Waals surface area contributed by atoms with Crippen LogP contribution < -0.4 is 11.0 Å². The van der Waals surface area contributed by atoms with Gasteiger partial charge < -0.3 is 10.4 Å². The van der Waals surface area contributed by atoms with Crippen molar-refractivity contribution < 1.29 is 5.11 Å². The normalized spacial score (nSPS) is 13.2. The zero-order valence-electron chi connectivity index (χ0n) is 10.3. The minimum Gasteiger partial charge on any atom is -0.387 e. The van der Waals surface area contributed by atoms with Crippen molar-refractivity contribution in [3.63, 3.8) is 0 Å². The van der Waals surface area contributed by atoms with Crippen molar-refractivity contribution in [3.8, 4) is 0 Å². The van der Waals surface area contributed by atoms with E-state index < -0.39 is 6.10 Å². The van der Waals surface area contributed by atoms with Gasteiger partial charge in [0, 0.05) is 20.6 Å². The lowest BCUT2D eigenvalue weighted by atomic mass is 10.1. The summed E-state index contributed by atoms with van der Waals surface area (Å²) < 4.78 is 3.19. The summed E-state index contributed by atoms with van der Waals surface area (Å²) in [6.07, 6.45) is -0.556. The van der Waals surface area contributed by atoms with E-state index in [0.29, 0.717) is 6.54 Å².